The lowest BCUT2D eigenvalue weighted by atomic mass is 10.0. The molecular formula is C49H85N17O13. The number of carboxylic acid groups (broad SMARTS) is 1. The second kappa shape index (κ2) is 36.8. The summed E-state index contributed by atoms with van der Waals surface area (Å²) in [6, 6.07) is -4.32. The topological polar surface area (TPSA) is 521 Å². The summed E-state index contributed by atoms with van der Waals surface area (Å²) in [6.07, 6.45) is 2.35. The van der Waals surface area contributed by atoms with Gasteiger partial charge in [0.15, 0.2) is 17.5 Å². The molecule has 1 fully saturated rings. The van der Waals surface area contributed by atoms with E-state index in [1.54, 1.807) is 18.2 Å². The standard InChI is InChI=1S/C49H85N17O13/c1-78-37-16-15-28(25-38(37)79-2)24-34(44(72)61-30(11-4-6-19-51)43(71)63-33(48(76)77)13-8-22-58-49(56)57)64-45(73)35-14-9-23-66(35)47(75)32(12-7-20-52)60-39(68)27-59-42(70)31(17-21-53)62-46(74)40(36(67)26-54)65-41(69)29(55)10-3-5-18-50/h13,15-16,25,29-32,34-36,40,67H,3-12,14,17-24,26-27,50-55H2,1-2H3,(H,59,70)(H,60,68)(H,61,72)(H,62,74)(H,63,71)(H,64,73)(H,65,69)(H,76,77)(H4,56,57,58)/b33-13-/t29-,30-,31-,32+,34?,35-,36-,40-/m0/s1. The molecule has 1 heterocycles. The molecule has 2 rings (SSSR count). The number of guanidine groups is 1. The second-order valence-corrected chi connectivity index (χ2v) is 18.6. The largest absolute Gasteiger partial charge is 0.493 e. The van der Waals surface area contributed by atoms with Crippen LogP contribution in [0.5, 0.6) is 11.5 Å². The zero-order valence-electron chi connectivity index (χ0n) is 45.2. The van der Waals surface area contributed by atoms with Gasteiger partial charge in [0.1, 0.15) is 41.9 Å². The zero-order chi connectivity index (χ0) is 59.0. The molecule has 30 nitrogen and oxygen atoms in total. The monoisotopic (exact) mass is 1120 g/mol. The molecule has 0 aliphatic carbocycles. The summed E-state index contributed by atoms with van der Waals surface area (Å²) in [5, 5.41) is 38.0. The Morgan fingerprint density at radius 3 is 1.96 bits per heavy atom. The van der Waals surface area contributed by atoms with Crippen LogP contribution in [0.3, 0.4) is 0 Å². The van der Waals surface area contributed by atoms with Crippen LogP contribution < -0.4 is 92.6 Å². The van der Waals surface area contributed by atoms with E-state index in [4.69, 9.17) is 55.3 Å². The van der Waals surface area contributed by atoms with Crippen molar-refractivity contribution in [3.63, 3.8) is 0 Å². The van der Waals surface area contributed by atoms with Crippen LogP contribution in [0.25, 0.3) is 0 Å². The number of aliphatic imine (C=N–C) groups is 1. The van der Waals surface area contributed by atoms with Crippen molar-refractivity contribution in [2.75, 3.05) is 66.6 Å². The van der Waals surface area contributed by atoms with Gasteiger partial charge in [-0.05, 0) is 115 Å². The molecule has 25 N–H and O–H groups in total. The molecule has 0 bridgehead atoms. The first-order valence-electron chi connectivity index (χ1n) is 26.2. The Hall–Kier alpha value is -7.22. The van der Waals surface area contributed by atoms with E-state index < -0.39 is 120 Å². The molecule has 8 atom stereocenters. The number of ether oxygens (including phenoxy) is 2. The number of carbonyl (C=O) groups excluding carboxylic acids is 8. The van der Waals surface area contributed by atoms with Crippen molar-refractivity contribution in [2.24, 2.45) is 50.9 Å². The van der Waals surface area contributed by atoms with Crippen molar-refractivity contribution in [1.82, 2.24) is 42.1 Å². The number of nitrogens with zero attached hydrogens (tertiary/aromatic N) is 2. The number of aliphatic hydroxyl groups excluding tert-OH is 1. The maximum Gasteiger partial charge on any atom is 0.352 e. The number of nitrogens with one attached hydrogen (secondary N) is 7. The number of aliphatic hydroxyl groups is 1. The van der Waals surface area contributed by atoms with Crippen molar-refractivity contribution < 1.29 is 62.8 Å². The van der Waals surface area contributed by atoms with Crippen LogP contribution in [0.4, 0.5) is 0 Å². The number of likely N-dealkylation sites (tertiary alicyclic amines) is 1. The number of hydrogen-bond donors (Lipinski definition) is 17. The number of amides is 8. The summed E-state index contributed by atoms with van der Waals surface area (Å²) in [4.78, 5) is 127. The second-order valence-electron chi connectivity index (χ2n) is 18.6. The zero-order valence-corrected chi connectivity index (χ0v) is 45.2. The van der Waals surface area contributed by atoms with Crippen molar-refractivity contribution in [1.29, 1.82) is 0 Å². The number of nitrogens with two attached hydrogens (primary N) is 8. The van der Waals surface area contributed by atoms with Crippen molar-refractivity contribution in [3.8, 4) is 11.5 Å². The molecule has 0 aromatic heterocycles. The fourth-order valence-corrected chi connectivity index (χ4v) is 8.26. The predicted octanol–water partition coefficient (Wildman–Crippen LogP) is -6.48. The number of rotatable bonds is 38. The highest BCUT2D eigenvalue weighted by atomic mass is 16.5. The summed E-state index contributed by atoms with van der Waals surface area (Å²) < 4.78 is 10.8. The Balaban J connectivity index is 2.37. The van der Waals surface area contributed by atoms with Gasteiger partial charge in [0.05, 0.1) is 32.9 Å². The SMILES string of the molecule is COc1ccc(CC(NC(=O)[C@@H]2CCCN2C(=O)[C@@H](CCCN)NC(=O)CNC(=O)[C@H](CCN)NC(=O)[C@@H](NC(=O)[C@@H](N)CCCCN)[C@@H](O)CN)C(=O)N[C@@H](CCCCN)C(=O)N/C(=C\CCN=C(N)N)C(=O)O)cc1OC. The minimum Gasteiger partial charge on any atom is -0.493 e. The lowest BCUT2D eigenvalue weighted by Crippen LogP contribution is -2.61. The van der Waals surface area contributed by atoms with Gasteiger partial charge in [-0.3, -0.25) is 43.3 Å². The fraction of sp³-hybridized carbons (Fsp3) is 0.633. The highest BCUT2D eigenvalue weighted by Crippen LogP contribution is 2.28. The van der Waals surface area contributed by atoms with Crippen molar-refractivity contribution >= 4 is 59.2 Å². The van der Waals surface area contributed by atoms with Crippen molar-refractivity contribution in [2.45, 2.75) is 132 Å². The third-order valence-electron chi connectivity index (χ3n) is 12.6. The van der Waals surface area contributed by atoms with E-state index in [1.807, 2.05) is 0 Å². The number of methoxy groups -OCH3 is 2. The van der Waals surface area contributed by atoms with Gasteiger partial charge in [-0.15, -0.1) is 0 Å². The average Bonchev–Trinajstić information content (AvgIpc) is 3.93. The minimum absolute atomic E-state index is 0.0198. The van der Waals surface area contributed by atoms with Crippen molar-refractivity contribution in [3.05, 3.63) is 35.5 Å². The molecule has 0 spiro atoms. The van der Waals surface area contributed by atoms with Crippen LogP contribution in [0.1, 0.15) is 82.6 Å². The lowest BCUT2D eigenvalue weighted by molar-refractivity contribution is -0.142. The normalized spacial score (nSPS) is 15.8. The Morgan fingerprint density at radius 1 is 0.722 bits per heavy atom. The highest BCUT2D eigenvalue weighted by molar-refractivity contribution is 5.99. The number of carbonyl (C=O) groups is 9. The number of carboxylic acids is 1. The van der Waals surface area contributed by atoms with E-state index in [-0.39, 0.29) is 90.0 Å². The first kappa shape index (κ1) is 67.9. The van der Waals surface area contributed by atoms with Gasteiger partial charge in [0, 0.05) is 26.1 Å². The van der Waals surface area contributed by atoms with Crippen LogP contribution in [0.2, 0.25) is 0 Å². The third kappa shape index (κ3) is 23.7. The van der Waals surface area contributed by atoms with Crippen LogP contribution >= 0.6 is 0 Å². The molecule has 1 aromatic carbocycles. The van der Waals surface area contributed by atoms with E-state index in [0.717, 1.165) is 0 Å². The first-order chi connectivity index (χ1) is 37.7. The molecule has 1 unspecified atom stereocenters. The summed E-state index contributed by atoms with van der Waals surface area (Å²) >= 11 is 0. The Bertz CT molecular complexity index is 2230. The molecule has 1 aliphatic heterocycles. The van der Waals surface area contributed by atoms with Gasteiger partial charge in [0.2, 0.25) is 47.3 Å². The summed E-state index contributed by atoms with van der Waals surface area (Å²) in [5.41, 5.74) is 45.1. The smallest absolute Gasteiger partial charge is 0.352 e. The molecule has 1 saturated heterocycles. The Kier molecular flexibility index (Phi) is 31.6. The van der Waals surface area contributed by atoms with Crippen LogP contribution in [-0.2, 0) is 49.6 Å². The van der Waals surface area contributed by atoms with Gasteiger partial charge >= 0.3 is 5.97 Å². The maximum atomic E-state index is 14.4. The summed E-state index contributed by atoms with van der Waals surface area (Å²) in [7, 11) is 2.85. The number of unbranched alkanes of at least 4 members (excludes halogenated alkanes) is 2. The van der Waals surface area contributed by atoms with Crippen LogP contribution in [0.15, 0.2) is 35.0 Å². The molecule has 0 radical (unpaired) electrons. The van der Waals surface area contributed by atoms with E-state index in [2.05, 4.69) is 42.2 Å². The molecular weight excluding hydrogens is 1030 g/mol. The molecule has 0 saturated carbocycles. The van der Waals surface area contributed by atoms with Gasteiger partial charge in [-0.25, -0.2) is 4.79 Å². The van der Waals surface area contributed by atoms with E-state index >= 15 is 0 Å². The van der Waals surface area contributed by atoms with Crippen LogP contribution in [0, 0.1) is 0 Å². The maximum absolute atomic E-state index is 14.4. The number of aliphatic carboxylic acids is 1. The Morgan fingerprint density at radius 2 is 1.35 bits per heavy atom. The highest BCUT2D eigenvalue weighted by Gasteiger charge is 2.40. The predicted molar refractivity (Wildman–Crippen MR) is 291 cm³/mol. The number of hydrogen-bond acceptors (Lipinski definition) is 19. The van der Waals surface area contributed by atoms with E-state index in [9.17, 15) is 53.4 Å². The molecule has 79 heavy (non-hydrogen) atoms. The Labute approximate surface area is 459 Å². The first-order valence-corrected chi connectivity index (χ1v) is 26.2. The van der Waals surface area contributed by atoms with Gasteiger partial charge in [-0.1, -0.05) is 18.6 Å². The molecule has 8 amide bonds. The summed E-state index contributed by atoms with van der Waals surface area (Å²) in [6.45, 7) is -0.383. The van der Waals surface area contributed by atoms with E-state index in [0.29, 0.717) is 55.7 Å². The number of benzene rings is 1. The summed E-state index contributed by atoms with van der Waals surface area (Å²) in [5.74, 6) is -7.54. The van der Waals surface area contributed by atoms with Gasteiger partial charge < -0.3 is 108 Å². The lowest BCUT2D eigenvalue weighted by Gasteiger charge is -2.30. The van der Waals surface area contributed by atoms with Gasteiger partial charge in [0.25, 0.3) is 0 Å². The fourth-order valence-electron chi connectivity index (χ4n) is 8.26. The average molecular weight is 1120 g/mol. The molecule has 1 aliphatic rings. The van der Waals surface area contributed by atoms with Gasteiger partial charge in [-0.2, -0.15) is 0 Å². The third-order valence-corrected chi connectivity index (χ3v) is 12.6. The van der Waals surface area contributed by atoms with Crippen LogP contribution in [-0.4, -0.2) is 189 Å². The molecule has 444 valence electrons. The van der Waals surface area contributed by atoms with E-state index in [1.165, 1.54) is 25.2 Å². The molecule has 30 heteroatoms. The quantitative estimate of drug-likeness (QED) is 0.0127. The minimum atomic E-state index is -1.61. The molecule has 1 aromatic rings.